The Morgan fingerprint density at radius 3 is 1.86 bits per heavy atom. The molecule has 1 rings (SSSR count). The minimum Gasteiger partial charge on any atom is -0.396 e. The third-order valence-electron chi connectivity index (χ3n) is 5.11. The zero-order valence-corrected chi connectivity index (χ0v) is 14.6. The van der Waals surface area contributed by atoms with Crippen molar-refractivity contribution >= 4 is 0 Å². The molecule has 0 spiro atoms. The second-order valence-corrected chi connectivity index (χ2v) is 6.96. The first-order chi connectivity index (χ1) is 10.6. The summed E-state index contributed by atoms with van der Waals surface area (Å²) >= 11 is 0. The molecule has 0 fully saturated rings. The van der Waals surface area contributed by atoms with Crippen LogP contribution in [-0.2, 0) is 12.8 Å². The molecular formula is C20H34O2. The monoisotopic (exact) mass is 306 g/mol. The number of hydrogen-bond donors (Lipinski definition) is 2. The number of unbranched alkanes of at least 4 members (excludes halogenated alkanes) is 3. The Morgan fingerprint density at radius 2 is 1.41 bits per heavy atom. The van der Waals surface area contributed by atoms with Crippen LogP contribution in [-0.4, -0.2) is 23.4 Å². The topological polar surface area (TPSA) is 40.5 Å². The highest BCUT2D eigenvalue weighted by Crippen LogP contribution is 2.32. The van der Waals surface area contributed by atoms with Gasteiger partial charge < -0.3 is 10.2 Å². The summed E-state index contributed by atoms with van der Waals surface area (Å²) in [5, 5.41) is 19.3. The molecule has 0 heterocycles. The van der Waals surface area contributed by atoms with E-state index in [1.807, 2.05) is 0 Å². The molecular weight excluding hydrogens is 272 g/mol. The fourth-order valence-corrected chi connectivity index (χ4v) is 2.88. The van der Waals surface area contributed by atoms with Crippen molar-refractivity contribution in [1.29, 1.82) is 0 Å². The van der Waals surface area contributed by atoms with Crippen LogP contribution in [0.25, 0.3) is 0 Å². The fraction of sp³-hybridized carbons (Fsp3) is 0.700. The maximum atomic E-state index is 9.65. The van der Waals surface area contributed by atoms with Crippen LogP contribution in [0.1, 0.15) is 64.0 Å². The van der Waals surface area contributed by atoms with E-state index in [1.54, 1.807) is 0 Å². The van der Waals surface area contributed by atoms with E-state index in [-0.39, 0.29) is 24.5 Å². The van der Waals surface area contributed by atoms with Gasteiger partial charge in [0.1, 0.15) is 0 Å². The van der Waals surface area contributed by atoms with Crippen LogP contribution in [0.3, 0.4) is 0 Å². The normalized spacial score (nSPS) is 12.1. The van der Waals surface area contributed by atoms with Crippen molar-refractivity contribution in [2.75, 3.05) is 13.2 Å². The molecule has 126 valence electrons. The Bertz CT molecular complexity index is 391. The van der Waals surface area contributed by atoms with Gasteiger partial charge in [-0.1, -0.05) is 64.3 Å². The first kappa shape index (κ1) is 19.2. The lowest BCUT2D eigenvalue weighted by molar-refractivity contribution is 0.00920. The van der Waals surface area contributed by atoms with E-state index in [0.717, 1.165) is 12.8 Å². The summed E-state index contributed by atoms with van der Waals surface area (Å²) in [6.45, 7) is 6.50. The van der Waals surface area contributed by atoms with E-state index in [9.17, 15) is 10.2 Å². The van der Waals surface area contributed by atoms with Crippen molar-refractivity contribution in [1.82, 2.24) is 0 Å². The first-order valence-corrected chi connectivity index (χ1v) is 8.87. The molecule has 0 atom stereocenters. The Kier molecular flexibility index (Phi) is 8.74. The second-order valence-electron chi connectivity index (χ2n) is 6.96. The molecule has 0 bridgehead atoms. The van der Waals surface area contributed by atoms with Crippen molar-refractivity contribution in [2.24, 2.45) is 11.3 Å². The van der Waals surface area contributed by atoms with Crippen LogP contribution in [0.15, 0.2) is 24.3 Å². The van der Waals surface area contributed by atoms with Gasteiger partial charge in [0.05, 0.1) is 13.2 Å². The Labute approximate surface area is 136 Å². The highest BCUT2D eigenvalue weighted by molar-refractivity contribution is 5.23. The summed E-state index contributed by atoms with van der Waals surface area (Å²) < 4.78 is 0. The fourth-order valence-electron chi connectivity index (χ4n) is 2.88. The van der Waals surface area contributed by atoms with Crippen LogP contribution in [0.4, 0.5) is 0 Å². The molecule has 2 heteroatoms. The number of hydrogen-bond acceptors (Lipinski definition) is 2. The molecule has 1 aromatic rings. The smallest absolute Gasteiger partial charge is 0.0511 e. The summed E-state index contributed by atoms with van der Waals surface area (Å²) in [5.41, 5.74) is 2.35. The Hall–Kier alpha value is -0.860. The second kappa shape index (κ2) is 10.0. The van der Waals surface area contributed by atoms with Crippen LogP contribution < -0.4 is 0 Å². The predicted molar refractivity (Wildman–Crippen MR) is 94.1 cm³/mol. The van der Waals surface area contributed by atoms with Crippen LogP contribution in [0.5, 0.6) is 0 Å². The maximum Gasteiger partial charge on any atom is 0.0511 e. The van der Waals surface area contributed by atoms with E-state index < -0.39 is 0 Å². The van der Waals surface area contributed by atoms with Crippen molar-refractivity contribution in [3.63, 3.8) is 0 Å². The number of benzene rings is 1. The first-order valence-electron chi connectivity index (χ1n) is 8.87. The molecule has 22 heavy (non-hydrogen) atoms. The molecule has 0 aliphatic carbocycles. The zero-order valence-electron chi connectivity index (χ0n) is 14.6. The summed E-state index contributed by atoms with van der Waals surface area (Å²) in [6.07, 6.45) is 8.12. The minimum atomic E-state index is -0.362. The lowest BCUT2D eigenvalue weighted by Gasteiger charge is -2.34. The van der Waals surface area contributed by atoms with Gasteiger partial charge in [0, 0.05) is 5.41 Å². The largest absolute Gasteiger partial charge is 0.396 e. The van der Waals surface area contributed by atoms with Crippen LogP contribution >= 0.6 is 0 Å². The molecule has 0 aliphatic rings. The van der Waals surface area contributed by atoms with E-state index >= 15 is 0 Å². The molecule has 0 aliphatic heterocycles. The number of aliphatic hydroxyl groups excluding tert-OH is 2. The minimum absolute atomic E-state index is 0.0523. The van der Waals surface area contributed by atoms with Gasteiger partial charge in [-0.05, 0) is 42.7 Å². The zero-order chi connectivity index (χ0) is 16.4. The predicted octanol–water partition coefficient (Wildman–Crippen LogP) is 4.37. The number of aryl methyl sites for hydroxylation is 2. The van der Waals surface area contributed by atoms with Gasteiger partial charge in [0.2, 0.25) is 0 Å². The van der Waals surface area contributed by atoms with Gasteiger partial charge >= 0.3 is 0 Å². The van der Waals surface area contributed by atoms with Crippen molar-refractivity contribution in [3.05, 3.63) is 35.4 Å². The summed E-state index contributed by atoms with van der Waals surface area (Å²) in [6, 6.07) is 8.87. The quantitative estimate of drug-likeness (QED) is 0.596. The Balaban J connectivity index is 2.50. The van der Waals surface area contributed by atoms with Crippen molar-refractivity contribution in [2.45, 2.75) is 65.7 Å². The molecule has 0 amide bonds. The molecule has 2 nitrogen and oxygen atoms in total. The molecule has 0 unspecified atom stereocenters. The van der Waals surface area contributed by atoms with Gasteiger partial charge in [-0.2, -0.15) is 0 Å². The SMILES string of the molecule is CCCCCCc1ccc(CCC(CO)(CO)C(C)C)cc1. The van der Waals surface area contributed by atoms with Gasteiger partial charge in [-0.15, -0.1) is 0 Å². The van der Waals surface area contributed by atoms with Crippen molar-refractivity contribution < 1.29 is 10.2 Å². The van der Waals surface area contributed by atoms with Gasteiger partial charge in [-0.25, -0.2) is 0 Å². The van der Waals surface area contributed by atoms with Gasteiger partial charge in [-0.3, -0.25) is 0 Å². The summed E-state index contributed by atoms with van der Waals surface area (Å²) in [7, 11) is 0. The highest BCUT2D eigenvalue weighted by Gasteiger charge is 2.32. The molecule has 0 saturated carbocycles. The maximum absolute atomic E-state index is 9.65. The molecule has 1 aromatic carbocycles. The summed E-state index contributed by atoms with van der Waals surface area (Å²) in [4.78, 5) is 0. The molecule has 0 saturated heterocycles. The molecule has 2 N–H and O–H groups in total. The summed E-state index contributed by atoms with van der Waals surface area (Å²) in [5.74, 6) is 0.278. The number of aliphatic hydroxyl groups is 2. The van der Waals surface area contributed by atoms with Gasteiger partial charge in [0.25, 0.3) is 0 Å². The molecule has 0 radical (unpaired) electrons. The average molecular weight is 306 g/mol. The highest BCUT2D eigenvalue weighted by atomic mass is 16.3. The van der Waals surface area contributed by atoms with E-state index in [4.69, 9.17) is 0 Å². The average Bonchev–Trinajstić information content (AvgIpc) is 2.54. The standard InChI is InChI=1S/C20H34O2/c1-4-5-6-7-8-18-9-11-19(12-10-18)13-14-20(15-21,16-22)17(2)3/h9-12,17,21-22H,4-8,13-16H2,1-3H3. The third kappa shape index (κ3) is 5.73. The van der Waals surface area contributed by atoms with E-state index in [2.05, 4.69) is 45.0 Å². The van der Waals surface area contributed by atoms with Gasteiger partial charge in [0.15, 0.2) is 0 Å². The third-order valence-corrected chi connectivity index (χ3v) is 5.11. The lowest BCUT2D eigenvalue weighted by atomic mass is 9.74. The number of rotatable bonds is 11. The van der Waals surface area contributed by atoms with Crippen LogP contribution in [0, 0.1) is 11.3 Å². The van der Waals surface area contributed by atoms with E-state index in [0.29, 0.717) is 0 Å². The Morgan fingerprint density at radius 1 is 0.864 bits per heavy atom. The molecule has 0 aromatic heterocycles. The van der Waals surface area contributed by atoms with E-state index in [1.165, 1.54) is 43.2 Å². The van der Waals surface area contributed by atoms with Crippen LogP contribution in [0.2, 0.25) is 0 Å². The lowest BCUT2D eigenvalue weighted by Crippen LogP contribution is -2.36. The van der Waals surface area contributed by atoms with Crippen molar-refractivity contribution in [3.8, 4) is 0 Å².